The zero-order chi connectivity index (χ0) is 13.1. The van der Waals surface area contributed by atoms with E-state index in [1.54, 1.807) is 12.3 Å². The first-order valence-corrected chi connectivity index (χ1v) is 5.79. The fourth-order valence-corrected chi connectivity index (χ4v) is 1.69. The number of aromatic nitrogens is 1. The van der Waals surface area contributed by atoms with Crippen molar-refractivity contribution in [3.63, 3.8) is 0 Å². The molecule has 0 aliphatic heterocycles. The molecule has 92 valence electrons. The summed E-state index contributed by atoms with van der Waals surface area (Å²) in [6.45, 7) is 5.74. The Balaban J connectivity index is 2.28. The van der Waals surface area contributed by atoms with E-state index in [-0.39, 0.29) is 5.97 Å². The Morgan fingerprint density at radius 1 is 1.06 bits per heavy atom. The van der Waals surface area contributed by atoms with Gasteiger partial charge in [-0.2, -0.15) is 0 Å². The minimum Gasteiger partial charge on any atom is -0.404 e. The summed E-state index contributed by atoms with van der Waals surface area (Å²) >= 11 is 0. The zero-order valence-electron chi connectivity index (χ0n) is 10.7. The van der Waals surface area contributed by atoms with Gasteiger partial charge < -0.3 is 4.74 Å². The van der Waals surface area contributed by atoms with Crippen molar-refractivity contribution in [1.82, 2.24) is 4.98 Å². The summed E-state index contributed by atoms with van der Waals surface area (Å²) in [5, 5.41) is 0. The molecule has 3 heteroatoms. The Hall–Kier alpha value is -2.16. The van der Waals surface area contributed by atoms with Crippen molar-refractivity contribution in [3.8, 4) is 5.88 Å². The summed E-state index contributed by atoms with van der Waals surface area (Å²) in [6, 6.07) is 9.26. The lowest BCUT2D eigenvalue weighted by atomic mass is 10.0. The summed E-state index contributed by atoms with van der Waals surface area (Å²) in [5.41, 5.74) is 3.44. The van der Waals surface area contributed by atoms with Gasteiger partial charge in [0.15, 0.2) is 0 Å². The van der Waals surface area contributed by atoms with Gasteiger partial charge in [0.05, 0.1) is 5.56 Å². The average molecular weight is 241 g/mol. The Morgan fingerprint density at radius 3 is 2.50 bits per heavy atom. The zero-order valence-corrected chi connectivity index (χ0v) is 10.7. The van der Waals surface area contributed by atoms with Gasteiger partial charge in [-0.25, -0.2) is 9.78 Å². The molecule has 0 bridgehead atoms. The molecule has 1 heterocycles. The molecule has 0 fully saturated rings. The molecule has 1 aromatic heterocycles. The number of ether oxygens (including phenoxy) is 1. The van der Waals surface area contributed by atoms with Crippen LogP contribution in [0.4, 0.5) is 0 Å². The smallest absolute Gasteiger partial charge is 0.345 e. The van der Waals surface area contributed by atoms with Crippen LogP contribution in [0.5, 0.6) is 5.88 Å². The van der Waals surface area contributed by atoms with Gasteiger partial charge in [-0.05, 0) is 44.0 Å². The molecule has 0 saturated heterocycles. The van der Waals surface area contributed by atoms with E-state index in [4.69, 9.17) is 4.74 Å². The Kier molecular flexibility index (Phi) is 3.42. The maximum absolute atomic E-state index is 12.1. The highest BCUT2D eigenvalue weighted by atomic mass is 16.5. The minimum atomic E-state index is -0.363. The number of carbonyl (C=O) groups is 1. The monoisotopic (exact) mass is 241 g/mol. The first-order valence-electron chi connectivity index (χ1n) is 5.79. The first-order chi connectivity index (χ1) is 8.59. The number of hydrogen-bond donors (Lipinski definition) is 0. The van der Waals surface area contributed by atoms with E-state index < -0.39 is 0 Å². The highest BCUT2D eigenvalue weighted by Gasteiger charge is 2.14. The van der Waals surface area contributed by atoms with Crippen LogP contribution in [-0.2, 0) is 0 Å². The molecule has 0 atom stereocenters. The third-order valence-electron chi connectivity index (χ3n) is 2.98. The quantitative estimate of drug-likeness (QED) is 0.758. The van der Waals surface area contributed by atoms with E-state index in [0.29, 0.717) is 11.4 Å². The van der Waals surface area contributed by atoms with Crippen LogP contribution in [0, 0.1) is 20.8 Å². The number of carbonyl (C=O) groups excluding carboxylic acids is 1. The fraction of sp³-hybridized carbons (Fsp3) is 0.200. The molecule has 0 N–H and O–H groups in total. The summed E-state index contributed by atoms with van der Waals surface area (Å²) in [7, 11) is 0. The third kappa shape index (κ3) is 2.40. The number of rotatable bonds is 2. The molecule has 0 radical (unpaired) electrons. The van der Waals surface area contributed by atoms with Crippen LogP contribution in [0.15, 0.2) is 36.5 Å². The molecule has 0 amide bonds. The van der Waals surface area contributed by atoms with Crippen molar-refractivity contribution in [3.05, 3.63) is 58.8 Å². The first kappa shape index (κ1) is 12.3. The maximum atomic E-state index is 12.1. The summed E-state index contributed by atoms with van der Waals surface area (Å²) in [6.07, 6.45) is 1.61. The second-order valence-corrected chi connectivity index (χ2v) is 4.26. The Bertz CT molecular complexity index is 591. The van der Waals surface area contributed by atoms with Gasteiger partial charge in [0.25, 0.3) is 0 Å². The van der Waals surface area contributed by atoms with Crippen LogP contribution in [0.2, 0.25) is 0 Å². The predicted molar refractivity (Wildman–Crippen MR) is 69.8 cm³/mol. The summed E-state index contributed by atoms with van der Waals surface area (Å²) in [4.78, 5) is 16.1. The van der Waals surface area contributed by atoms with Gasteiger partial charge in [0.1, 0.15) is 0 Å². The molecule has 0 aliphatic carbocycles. The molecular weight excluding hydrogens is 226 g/mol. The number of esters is 1. The van der Waals surface area contributed by atoms with Crippen LogP contribution < -0.4 is 4.74 Å². The average Bonchev–Trinajstić information content (AvgIpc) is 2.35. The number of nitrogens with zero attached hydrogens (tertiary/aromatic N) is 1. The number of aryl methyl sites for hydroxylation is 2. The van der Waals surface area contributed by atoms with Gasteiger partial charge in [-0.15, -0.1) is 0 Å². The van der Waals surface area contributed by atoms with Crippen molar-refractivity contribution in [2.24, 2.45) is 0 Å². The van der Waals surface area contributed by atoms with E-state index in [1.165, 1.54) is 0 Å². The fourth-order valence-electron chi connectivity index (χ4n) is 1.69. The third-order valence-corrected chi connectivity index (χ3v) is 2.98. The van der Waals surface area contributed by atoms with Gasteiger partial charge in [0.2, 0.25) is 5.88 Å². The minimum absolute atomic E-state index is 0.363. The number of benzene rings is 1. The highest BCUT2D eigenvalue weighted by Crippen LogP contribution is 2.17. The summed E-state index contributed by atoms with van der Waals surface area (Å²) in [5.74, 6) is 0.00130. The molecule has 3 nitrogen and oxygen atoms in total. The SMILES string of the molecule is Cc1cccnc1OC(=O)c1cccc(C)c1C. The molecule has 0 saturated carbocycles. The summed E-state index contributed by atoms with van der Waals surface area (Å²) < 4.78 is 5.32. The maximum Gasteiger partial charge on any atom is 0.345 e. The van der Waals surface area contributed by atoms with Crippen LogP contribution >= 0.6 is 0 Å². The van der Waals surface area contributed by atoms with Crippen LogP contribution in [0.3, 0.4) is 0 Å². The van der Waals surface area contributed by atoms with Gasteiger partial charge in [-0.1, -0.05) is 18.2 Å². The standard InChI is InChI=1S/C15H15NO2/c1-10-6-4-8-13(12(10)3)15(17)18-14-11(2)7-5-9-16-14/h4-9H,1-3H3. The van der Waals surface area contributed by atoms with Crippen LogP contribution in [-0.4, -0.2) is 11.0 Å². The van der Waals surface area contributed by atoms with Crippen molar-refractivity contribution in [1.29, 1.82) is 0 Å². The lowest BCUT2D eigenvalue weighted by molar-refractivity contribution is 0.0725. The predicted octanol–water partition coefficient (Wildman–Crippen LogP) is 3.23. The van der Waals surface area contributed by atoms with Gasteiger partial charge >= 0.3 is 5.97 Å². The Morgan fingerprint density at radius 2 is 1.78 bits per heavy atom. The second kappa shape index (κ2) is 5.00. The highest BCUT2D eigenvalue weighted by molar-refractivity contribution is 5.92. The van der Waals surface area contributed by atoms with Gasteiger partial charge in [0, 0.05) is 11.8 Å². The van der Waals surface area contributed by atoms with E-state index >= 15 is 0 Å². The number of hydrogen-bond acceptors (Lipinski definition) is 3. The largest absolute Gasteiger partial charge is 0.404 e. The lowest BCUT2D eigenvalue weighted by Crippen LogP contribution is -2.12. The van der Waals surface area contributed by atoms with E-state index in [9.17, 15) is 4.79 Å². The second-order valence-electron chi connectivity index (χ2n) is 4.26. The molecule has 0 aliphatic rings. The van der Waals surface area contributed by atoms with Crippen molar-refractivity contribution in [2.75, 3.05) is 0 Å². The molecule has 0 unspecified atom stereocenters. The molecule has 1 aromatic carbocycles. The van der Waals surface area contributed by atoms with Crippen molar-refractivity contribution >= 4 is 5.97 Å². The molecule has 2 rings (SSSR count). The normalized spacial score (nSPS) is 10.2. The van der Waals surface area contributed by atoms with E-state index in [2.05, 4.69) is 4.98 Å². The van der Waals surface area contributed by atoms with Gasteiger partial charge in [-0.3, -0.25) is 0 Å². The van der Waals surface area contributed by atoms with Crippen LogP contribution in [0.25, 0.3) is 0 Å². The van der Waals surface area contributed by atoms with Crippen molar-refractivity contribution in [2.45, 2.75) is 20.8 Å². The van der Waals surface area contributed by atoms with Crippen LogP contribution in [0.1, 0.15) is 27.0 Å². The van der Waals surface area contributed by atoms with E-state index in [0.717, 1.165) is 16.7 Å². The lowest BCUT2D eigenvalue weighted by Gasteiger charge is -2.09. The van der Waals surface area contributed by atoms with Crippen molar-refractivity contribution < 1.29 is 9.53 Å². The number of pyridine rings is 1. The topological polar surface area (TPSA) is 39.2 Å². The molecule has 0 spiro atoms. The molecule has 18 heavy (non-hydrogen) atoms. The molecular formula is C15H15NO2. The van der Waals surface area contributed by atoms with E-state index in [1.807, 2.05) is 45.0 Å². The Labute approximate surface area is 106 Å². The molecule has 2 aromatic rings.